The molecule has 2 unspecified atom stereocenters. The lowest BCUT2D eigenvalue weighted by atomic mass is 9.59. The Bertz CT molecular complexity index is 673. The first-order valence-corrected chi connectivity index (χ1v) is 9.99. The zero-order valence-corrected chi connectivity index (χ0v) is 17.0. The van der Waals surface area contributed by atoms with Crippen LogP contribution >= 0.6 is 0 Å². The number of rotatable bonds is 6. The van der Waals surface area contributed by atoms with E-state index in [4.69, 9.17) is 0 Å². The number of halogens is 1. The van der Waals surface area contributed by atoms with Crippen LogP contribution < -0.4 is 4.57 Å². The van der Waals surface area contributed by atoms with Crippen LogP contribution in [-0.4, -0.2) is 0 Å². The molecule has 2 atom stereocenters. The zero-order chi connectivity index (χ0) is 18.7. The van der Waals surface area contributed by atoms with Crippen molar-refractivity contribution in [2.45, 2.75) is 85.6 Å². The summed E-state index contributed by atoms with van der Waals surface area (Å²) in [6.45, 7) is 13.5. The molecule has 0 fully saturated rings. The van der Waals surface area contributed by atoms with Gasteiger partial charge in [-0.05, 0) is 44.7 Å². The van der Waals surface area contributed by atoms with Gasteiger partial charge in [-0.1, -0.05) is 45.8 Å². The van der Waals surface area contributed by atoms with Crippen molar-refractivity contribution in [3.63, 3.8) is 0 Å². The van der Waals surface area contributed by atoms with Crippen LogP contribution in [0.25, 0.3) is 5.57 Å². The Labute approximate surface area is 153 Å². The van der Waals surface area contributed by atoms with Crippen LogP contribution in [0.1, 0.15) is 85.8 Å². The lowest BCUT2D eigenvalue weighted by molar-refractivity contribution is -0.781. The molecule has 2 heteroatoms. The van der Waals surface area contributed by atoms with Gasteiger partial charge in [0.25, 0.3) is 0 Å². The van der Waals surface area contributed by atoms with E-state index in [-0.39, 0.29) is 16.8 Å². The van der Waals surface area contributed by atoms with Gasteiger partial charge in [-0.25, -0.2) is 4.39 Å². The molecule has 2 rings (SSSR count). The monoisotopic (exact) mass is 344 g/mol. The average molecular weight is 345 g/mol. The number of pyridine rings is 1. The smallest absolute Gasteiger partial charge is 0.200 e. The van der Waals surface area contributed by atoms with E-state index in [2.05, 4.69) is 58.3 Å². The van der Waals surface area contributed by atoms with Crippen LogP contribution in [0.4, 0.5) is 4.39 Å². The zero-order valence-electron chi connectivity index (χ0n) is 17.0. The van der Waals surface area contributed by atoms with Gasteiger partial charge in [0.15, 0.2) is 11.4 Å². The molecular formula is C23H35FN+. The van der Waals surface area contributed by atoms with Crippen molar-refractivity contribution >= 4 is 5.57 Å². The maximum atomic E-state index is 14.1. The number of aromatic nitrogens is 1. The predicted octanol–water partition coefficient (Wildman–Crippen LogP) is 6.58. The SMILES string of the molecule is CC=C1C(=CCCCCC)c2ccc(F)c[n+]2C(C)(CC)C1(C)CC. The molecule has 0 radical (unpaired) electrons. The normalized spacial score (nSPS) is 29.2. The second kappa shape index (κ2) is 7.85. The second-order valence-electron chi connectivity index (χ2n) is 7.73. The molecule has 138 valence electrons. The van der Waals surface area contributed by atoms with Gasteiger partial charge >= 0.3 is 0 Å². The van der Waals surface area contributed by atoms with Crippen molar-refractivity contribution in [1.29, 1.82) is 0 Å². The molecule has 0 saturated carbocycles. The summed E-state index contributed by atoms with van der Waals surface area (Å²) in [6, 6.07) is 3.57. The summed E-state index contributed by atoms with van der Waals surface area (Å²) < 4.78 is 16.3. The molecule has 0 spiro atoms. The summed E-state index contributed by atoms with van der Waals surface area (Å²) in [5.74, 6) is -0.156. The molecule has 0 bridgehead atoms. The number of allylic oxidation sites excluding steroid dienone is 4. The van der Waals surface area contributed by atoms with Crippen LogP contribution in [0, 0.1) is 11.2 Å². The van der Waals surface area contributed by atoms with Crippen molar-refractivity contribution in [1.82, 2.24) is 0 Å². The van der Waals surface area contributed by atoms with Gasteiger partial charge in [0.1, 0.15) is 0 Å². The third-order valence-electron chi connectivity index (χ3n) is 6.63. The standard InChI is InChI=1S/C23H35FN/c1-7-11-12-13-14-19-20(8-2)22(5,9-3)23(6,10-4)25-17-18(24)15-16-21(19)25/h8,14-17H,7,9-13H2,1-6H3/q+1. The van der Waals surface area contributed by atoms with Gasteiger partial charge in [0.2, 0.25) is 11.9 Å². The molecule has 0 saturated heterocycles. The van der Waals surface area contributed by atoms with Gasteiger partial charge in [0.05, 0.1) is 5.41 Å². The molecule has 0 N–H and O–H groups in total. The van der Waals surface area contributed by atoms with Crippen LogP contribution in [0.3, 0.4) is 0 Å². The molecule has 0 aliphatic carbocycles. The van der Waals surface area contributed by atoms with Crippen LogP contribution in [-0.2, 0) is 5.54 Å². The molecule has 1 aliphatic rings. The van der Waals surface area contributed by atoms with E-state index in [0.29, 0.717) is 0 Å². The Hall–Kier alpha value is -1.44. The first-order valence-electron chi connectivity index (χ1n) is 9.99. The van der Waals surface area contributed by atoms with E-state index in [1.807, 2.05) is 6.07 Å². The van der Waals surface area contributed by atoms with Gasteiger partial charge in [0, 0.05) is 25.0 Å². The van der Waals surface area contributed by atoms with Crippen LogP contribution in [0.15, 0.2) is 36.1 Å². The molecule has 1 aromatic rings. The summed E-state index contributed by atoms with van der Waals surface area (Å²) in [4.78, 5) is 0. The van der Waals surface area contributed by atoms with Crippen LogP contribution in [0.2, 0.25) is 0 Å². The van der Waals surface area contributed by atoms with E-state index in [1.54, 1.807) is 12.3 Å². The second-order valence-corrected chi connectivity index (χ2v) is 7.73. The number of unbranched alkanes of at least 4 members (excludes halogenated alkanes) is 3. The minimum atomic E-state index is -0.156. The highest BCUT2D eigenvalue weighted by atomic mass is 19.1. The van der Waals surface area contributed by atoms with Gasteiger partial charge < -0.3 is 0 Å². The van der Waals surface area contributed by atoms with Gasteiger partial charge in [-0.15, -0.1) is 0 Å². The van der Waals surface area contributed by atoms with Crippen molar-refractivity contribution in [3.05, 3.63) is 47.6 Å². The van der Waals surface area contributed by atoms with Crippen molar-refractivity contribution in [3.8, 4) is 0 Å². The van der Waals surface area contributed by atoms with Gasteiger partial charge in [-0.3, -0.25) is 0 Å². The van der Waals surface area contributed by atoms with Crippen molar-refractivity contribution in [2.24, 2.45) is 5.41 Å². The quantitative estimate of drug-likeness (QED) is 0.405. The highest BCUT2D eigenvalue weighted by molar-refractivity contribution is 5.78. The van der Waals surface area contributed by atoms with Crippen LogP contribution in [0.5, 0.6) is 0 Å². The fourth-order valence-corrected chi connectivity index (χ4v) is 4.55. The number of hydrogen-bond acceptors (Lipinski definition) is 0. The van der Waals surface area contributed by atoms with E-state index in [1.165, 1.54) is 30.4 Å². The summed E-state index contributed by atoms with van der Waals surface area (Å²) in [6.07, 6.45) is 13.2. The molecule has 0 amide bonds. The Balaban J connectivity index is 2.70. The highest BCUT2D eigenvalue weighted by Crippen LogP contribution is 2.53. The van der Waals surface area contributed by atoms with Gasteiger partial charge in [-0.2, -0.15) is 4.57 Å². The Morgan fingerprint density at radius 3 is 2.36 bits per heavy atom. The largest absolute Gasteiger partial charge is 0.213 e. The molecule has 1 aromatic heterocycles. The third-order valence-corrected chi connectivity index (χ3v) is 6.63. The molecular weight excluding hydrogens is 309 g/mol. The topological polar surface area (TPSA) is 3.88 Å². The van der Waals surface area contributed by atoms with Crippen molar-refractivity contribution in [2.75, 3.05) is 0 Å². The van der Waals surface area contributed by atoms with Crippen molar-refractivity contribution < 1.29 is 8.96 Å². The highest BCUT2D eigenvalue weighted by Gasteiger charge is 2.57. The van der Waals surface area contributed by atoms with E-state index < -0.39 is 0 Å². The maximum Gasteiger partial charge on any atom is 0.213 e. The summed E-state index contributed by atoms with van der Waals surface area (Å²) in [7, 11) is 0. The number of hydrogen-bond donors (Lipinski definition) is 0. The van der Waals surface area contributed by atoms with E-state index in [0.717, 1.165) is 25.0 Å². The lowest BCUT2D eigenvalue weighted by Gasteiger charge is -2.47. The summed E-state index contributed by atoms with van der Waals surface area (Å²) >= 11 is 0. The Kier molecular flexibility index (Phi) is 6.24. The minimum absolute atomic E-state index is 0.0153. The van der Waals surface area contributed by atoms with E-state index in [9.17, 15) is 4.39 Å². The molecule has 25 heavy (non-hydrogen) atoms. The molecule has 2 heterocycles. The Morgan fingerprint density at radius 1 is 1.08 bits per heavy atom. The minimum Gasteiger partial charge on any atom is -0.200 e. The van der Waals surface area contributed by atoms with E-state index >= 15 is 0 Å². The average Bonchev–Trinajstić information content (AvgIpc) is 2.62. The summed E-state index contributed by atoms with van der Waals surface area (Å²) in [5, 5.41) is 0. The first-order chi connectivity index (χ1) is 11.9. The first kappa shape index (κ1) is 19.9. The lowest BCUT2D eigenvalue weighted by Crippen LogP contribution is -2.67. The fraction of sp³-hybridized carbons (Fsp3) is 0.609. The number of fused-ring (bicyclic) bond motifs is 1. The Morgan fingerprint density at radius 2 is 1.80 bits per heavy atom. The molecule has 1 nitrogen and oxygen atoms in total. The maximum absolute atomic E-state index is 14.1. The molecule has 1 aliphatic heterocycles. The number of nitrogens with zero attached hydrogens (tertiary/aromatic N) is 1. The summed E-state index contributed by atoms with van der Waals surface area (Å²) in [5.41, 5.74) is 3.72. The fourth-order valence-electron chi connectivity index (χ4n) is 4.55. The predicted molar refractivity (Wildman–Crippen MR) is 105 cm³/mol. The third kappa shape index (κ3) is 3.20. The molecule has 0 aromatic carbocycles.